The monoisotopic (exact) mass is 783 g/mol. The number of hydrogen-bond acceptors (Lipinski definition) is 12. The lowest BCUT2D eigenvalue weighted by Crippen LogP contribution is -2.35. The van der Waals surface area contributed by atoms with Gasteiger partial charge in [0.2, 0.25) is 0 Å². The highest BCUT2D eigenvalue weighted by Gasteiger charge is 2.45. The molecule has 0 fully saturated rings. The van der Waals surface area contributed by atoms with E-state index in [0.717, 1.165) is 71.2 Å². The van der Waals surface area contributed by atoms with Crippen molar-refractivity contribution >= 4 is 11.4 Å². The van der Waals surface area contributed by atoms with Gasteiger partial charge in [0.15, 0.2) is 0 Å². The summed E-state index contributed by atoms with van der Waals surface area (Å²) < 4.78 is 0. The second-order valence-corrected chi connectivity index (χ2v) is 15.3. The van der Waals surface area contributed by atoms with Crippen molar-refractivity contribution in [3.8, 4) is 0 Å². The van der Waals surface area contributed by atoms with Gasteiger partial charge in [-0.05, 0) is 140 Å². The number of fused-ring (bicyclic) bond motifs is 4. The van der Waals surface area contributed by atoms with Gasteiger partial charge in [-0.3, -0.25) is 4.84 Å². The van der Waals surface area contributed by atoms with Gasteiger partial charge in [0.25, 0.3) is 0 Å². The van der Waals surface area contributed by atoms with E-state index in [1.54, 1.807) is 20.5 Å². The van der Waals surface area contributed by atoms with Gasteiger partial charge < -0.3 is 31.1 Å². The van der Waals surface area contributed by atoms with Crippen LogP contribution in [0.15, 0.2) is 79.1 Å². The standard InChI is InChI=1S/C44H53N11O3/c1-28-5-13-37-31(21-28)7-9-33-23-35(11-15-39(33)43(37,17-19-45)41-47-26-48-53-41)55(58-27-50-57-4)36-12-16-40-34(24-36)10-8-32-22-30(25-49-56-3)6-14-38(32)44(40,18-20-46)42-51-29(2)52-54-42/h5-6,11-16,21-24,26,49-50H,7-10,17-20,25,27,45-46H2,1-4H3,(H,47,48,53)(H,51,52,54). The first kappa shape index (κ1) is 39.5. The van der Waals surface area contributed by atoms with Crippen molar-refractivity contribution in [3.05, 3.63) is 152 Å². The van der Waals surface area contributed by atoms with E-state index in [1.165, 1.54) is 38.9 Å². The Morgan fingerprint density at radius 1 is 0.672 bits per heavy atom. The van der Waals surface area contributed by atoms with Crippen LogP contribution in [0.3, 0.4) is 0 Å². The van der Waals surface area contributed by atoms with Gasteiger partial charge >= 0.3 is 0 Å². The minimum absolute atomic E-state index is 0.114. The fourth-order valence-electron chi connectivity index (χ4n) is 9.49. The zero-order valence-electron chi connectivity index (χ0n) is 33.7. The minimum Gasteiger partial charge on any atom is -0.331 e. The highest BCUT2D eigenvalue weighted by Crippen LogP contribution is 2.49. The Kier molecular flexibility index (Phi) is 11.5. The molecule has 2 atom stereocenters. The highest BCUT2D eigenvalue weighted by atomic mass is 16.7. The van der Waals surface area contributed by atoms with Crippen LogP contribution in [0, 0.1) is 13.8 Å². The third-order valence-electron chi connectivity index (χ3n) is 11.9. The van der Waals surface area contributed by atoms with E-state index >= 15 is 0 Å². The fourth-order valence-corrected chi connectivity index (χ4v) is 9.49. The Morgan fingerprint density at radius 3 is 1.79 bits per heavy atom. The van der Waals surface area contributed by atoms with Crippen molar-refractivity contribution in [1.82, 2.24) is 41.3 Å². The molecule has 8 rings (SSSR count). The SMILES string of the molecule is CONCON(c1ccc2c(c1)CCc1cc(C)ccc1C2(CCN)c1nnc[nH]1)c1ccc2c(c1)CCc1cc(CNOC)ccc1C2(CCN)c1nnc(C)[nH]1. The molecule has 14 nitrogen and oxygen atoms in total. The van der Waals surface area contributed by atoms with Gasteiger partial charge in [-0.2, -0.15) is 11.0 Å². The summed E-state index contributed by atoms with van der Waals surface area (Å²) >= 11 is 0. The Labute approximate surface area is 339 Å². The zero-order chi connectivity index (χ0) is 40.3. The molecule has 8 N–H and O–H groups in total. The largest absolute Gasteiger partial charge is 0.331 e. The summed E-state index contributed by atoms with van der Waals surface area (Å²) in [5.74, 6) is 2.32. The molecule has 2 aliphatic rings. The van der Waals surface area contributed by atoms with Crippen LogP contribution in [-0.4, -0.2) is 64.4 Å². The number of nitrogens with zero attached hydrogens (tertiary/aromatic N) is 5. The molecule has 0 saturated heterocycles. The lowest BCUT2D eigenvalue weighted by Gasteiger charge is -2.36. The molecule has 0 aliphatic heterocycles. The van der Waals surface area contributed by atoms with Crippen LogP contribution in [0.25, 0.3) is 0 Å². The van der Waals surface area contributed by atoms with Crippen LogP contribution in [0.4, 0.5) is 11.4 Å². The van der Waals surface area contributed by atoms with E-state index in [-0.39, 0.29) is 6.73 Å². The summed E-state index contributed by atoms with van der Waals surface area (Å²) in [5.41, 5.74) is 31.2. The van der Waals surface area contributed by atoms with Gasteiger partial charge in [0.1, 0.15) is 30.5 Å². The number of aromatic amines is 2. The molecule has 2 aliphatic carbocycles. The molecule has 2 aromatic heterocycles. The van der Waals surface area contributed by atoms with E-state index < -0.39 is 10.8 Å². The Bertz CT molecular complexity index is 2360. The third-order valence-corrected chi connectivity index (χ3v) is 11.9. The van der Waals surface area contributed by atoms with Crippen LogP contribution < -0.4 is 27.5 Å². The van der Waals surface area contributed by atoms with Crippen LogP contribution in [0.2, 0.25) is 0 Å². The van der Waals surface area contributed by atoms with Crippen molar-refractivity contribution in [2.45, 2.75) is 69.7 Å². The average molecular weight is 784 g/mol. The maximum atomic E-state index is 6.53. The maximum absolute atomic E-state index is 6.53. The summed E-state index contributed by atoms with van der Waals surface area (Å²) in [6, 6.07) is 26.5. The lowest BCUT2D eigenvalue weighted by atomic mass is 9.69. The predicted molar refractivity (Wildman–Crippen MR) is 222 cm³/mol. The highest BCUT2D eigenvalue weighted by molar-refractivity contribution is 5.68. The molecule has 0 amide bonds. The normalized spacial score (nSPS) is 18.4. The minimum atomic E-state index is -0.656. The lowest BCUT2D eigenvalue weighted by molar-refractivity contribution is -0.00713. The van der Waals surface area contributed by atoms with Crippen LogP contribution in [0.1, 0.15) is 85.9 Å². The molecule has 0 saturated carbocycles. The van der Waals surface area contributed by atoms with E-state index in [2.05, 4.69) is 116 Å². The Balaban J connectivity index is 1.26. The van der Waals surface area contributed by atoms with E-state index in [9.17, 15) is 0 Å². The molecule has 0 spiro atoms. The molecular formula is C44H53N11O3. The van der Waals surface area contributed by atoms with Crippen LogP contribution in [-0.2, 0) is 57.6 Å². The molecule has 0 radical (unpaired) electrons. The first-order valence-electron chi connectivity index (χ1n) is 20.0. The molecule has 302 valence electrons. The smallest absolute Gasteiger partial charge is 0.147 e. The van der Waals surface area contributed by atoms with Gasteiger partial charge in [-0.25, -0.2) is 5.06 Å². The number of aryl methyl sites for hydroxylation is 6. The molecule has 58 heavy (non-hydrogen) atoms. The summed E-state index contributed by atoms with van der Waals surface area (Å²) in [5, 5.41) is 19.9. The fraction of sp³-hybridized carbons (Fsp3) is 0.364. The van der Waals surface area contributed by atoms with Crippen molar-refractivity contribution in [3.63, 3.8) is 0 Å². The molecule has 6 aromatic rings. The van der Waals surface area contributed by atoms with E-state index in [1.807, 2.05) is 12.0 Å². The summed E-state index contributed by atoms with van der Waals surface area (Å²) in [6.45, 7) is 5.70. The second-order valence-electron chi connectivity index (χ2n) is 15.3. The van der Waals surface area contributed by atoms with Gasteiger partial charge in [0.05, 0.1) is 36.4 Å². The number of rotatable bonds is 15. The predicted octanol–water partition coefficient (Wildman–Crippen LogP) is 4.93. The number of aromatic nitrogens is 6. The zero-order valence-corrected chi connectivity index (χ0v) is 33.7. The van der Waals surface area contributed by atoms with Gasteiger partial charge in [-0.15, -0.1) is 20.4 Å². The Hall–Kier alpha value is -5.32. The molecule has 2 unspecified atom stereocenters. The van der Waals surface area contributed by atoms with Crippen molar-refractivity contribution in [1.29, 1.82) is 0 Å². The summed E-state index contributed by atoms with van der Waals surface area (Å²) in [7, 11) is 3.21. The number of hydrogen-bond donors (Lipinski definition) is 6. The number of nitrogens with two attached hydrogens (primary N) is 2. The molecule has 4 aromatic carbocycles. The first-order valence-corrected chi connectivity index (χ1v) is 20.0. The van der Waals surface area contributed by atoms with Crippen molar-refractivity contribution < 1.29 is 14.5 Å². The number of nitrogens with one attached hydrogen (secondary N) is 4. The average Bonchev–Trinajstić information content (AvgIpc) is 3.90. The van der Waals surface area contributed by atoms with Crippen molar-refractivity contribution in [2.75, 3.05) is 39.1 Å². The van der Waals surface area contributed by atoms with E-state index in [4.69, 9.17) is 31.1 Å². The second kappa shape index (κ2) is 16.9. The molecule has 0 bridgehead atoms. The number of anilines is 2. The summed E-state index contributed by atoms with van der Waals surface area (Å²) in [4.78, 5) is 23.8. The van der Waals surface area contributed by atoms with Gasteiger partial charge in [0, 0.05) is 6.54 Å². The van der Waals surface area contributed by atoms with Crippen molar-refractivity contribution in [2.24, 2.45) is 11.5 Å². The van der Waals surface area contributed by atoms with Crippen LogP contribution in [0.5, 0.6) is 0 Å². The molecular weight excluding hydrogens is 731 g/mol. The number of hydroxylamine groups is 2. The Morgan fingerprint density at radius 2 is 1.24 bits per heavy atom. The number of H-pyrrole nitrogens is 2. The quantitative estimate of drug-likeness (QED) is 0.0469. The molecule has 2 heterocycles. The first-order chi connectivity index (χ1) is 28.4. The maximum Gasteiger partial charge on any atom is 0.147 e. The van der Waals surface area contributed by atoms with E-state index in [0.29, 0.717) is 32.5 Å². The third kappa shape index (κ3) is 7.00. The molecule has 14 heteroatoms. The van der Waals surface area contributed by atoms with Gasteiger partial charge in [-0.1, -0.05) is 54.1 Å². The van der Waals surface area contributed by atoms with Crippen LogP contribution >= 0.6 is 0 Å². The number of benzene rings is 4. The summed E-state index contributed by atoms with van der Waals surface area (Å²) in [6.07, 6.45) is 6.26. The topological polar surface area (TPSA) is 190 Å².